The number of piperidine rings is 1. The van der Waals surface area contributed by atoms with Crippen LogP contribution in [0.25, 0.3) is 11.4 Å². The Morgan fingerprint density at radius 1 is 1.24 bits per heavy atom. The number of nitrogens with zero attached hydrogens (tertiary/aromatic N) is 2. The highest BCUT2D eigenvalue weighted by atomic mass is 19.4. The molecule has 0 aliphatic carbocycles. The molecular weight excluding hydrogens is 283 g/mol. The molecular formula is C14H14F3N3O. The van der Waals surface area contributed by atoms with E-state index in [0.717, 1.165) is 37.9 Å². The maximum absolute atomic E-state index is 12.7. The minimum Gasteiger partial charge on any atom is -0.337 e. The van der Waals surface area contributed by atoms with Crippen molar-refractivity contribution in [1.29, 1.82) is 0 Å². The number of rotatable bonds is 2. The molecule has 4 nitrogen and oxygen atoms in total. The standard InChI is InChI=1S/C14H14F3N3O/c15-14(16,17)10-5-3-4-9(8-10)12-19-13(21-20-12)11-6-1-2-7-18-11/h3-5,8,11,18H,1-2,6-7H2/t11-/m0/s1. The third kappa shape index (κ3) is 3.07. The molecule has 2 aromatic rings. The van der Waals surface area contributed by atoms with E-state index in [1.165, 1.54) is 12.1 Å². The summed E-state index contributed by atoms with van der Waals surface area (Å²) in [6.07, 6.45) is -1.32. The molecule has 21 heavy (non-hydrogen) atoms. The Bertz CT molecular complexity index is 618. The van der Waals surface area contributed by atoms with Gasteiger partial charge in [0.15, 0.2) is 0 Å². The summed E-state index contributed by atoms with van der Waals surface area (Å²) >= 11 is 0. The molecule has 0 saturated carbocycles. The second kappa shape index (κ2) is 5.48. The fraction of sp³-hybridized carbons (Fsp3) is 0.429. The Balaban J connectivity index is 1.86. The predicted octanol–water partition coefficient (Wildman–Crippen LogP) is 3.57. The highest BCUT2D eigenvalue weighted by Crippen LogP contribution is 2.32. The van der Waals surface area contributed by atoms with Crippen LogP contribution in [0.5, 0.6) is 0 Å². The second-order valence-electron chi connectivity index (χ2n) is 5.04. The van der Waals surface area contributed by atoms with Gasteiger partial charge in [0.05, 0.1) is 11.6 Å². The lowest BCUT2D eigenvalue weighted by Gasteiger charge is -2.19. The first kappa shape index (κ1) is 14.1. The van der Waals surface area contributed by atoms with Gasteiger partial charge in [0.25, 0.3) is 0 Å². The van der Waals surface area contributed by atoms with Crippen LogP contribution in [0.2, 0.25) is 0 Å². The normalized spacial score (nSPS) is 19.7. The summed E-state index contributed by atoms with van der Waals surface area (Å²) < 4.78 is 43.3. The second-order valence-corrected chi connectivity index (χ2v) is 5.04. The number of alkyl halides is 3. The minimum atomic E-state index is -4.38. The summed E-state index contributed by atoms with van der Waals surface area (Å²) in [7, 11) is 0. The number of hydrogen-bond acceptors (Lipinski definition) is 4. The van der Waals surface area contributed by atoms with E-state index < -0.39 is 11.7 Å². The van der Waals surface area contributed by atoms with E-state index in [9.17, 15) is 13.2 Å². The van der Waals surface area contributed by atoms with Gasteiger partial charge in [-0.1, -0.05) is 23.7 Å². The van der Waals surface area contributed by atoms with Gasteiger partial charge in [0, 0.05) is 5.56 Å². The zero-order valence-electron chi connectivity index (χ0n) is 11.2. The number of hydrogen-bond donors (Lipinski definition) is 1. The first-order valence-corrected chi connectivity index (χ1v) is 6.78. The van der Waals surface area contributed by atoms with Crippen molar-refractivity contribution in [3.05, 3.63) is 35.7 Å². The van der Waals surface area contributed by atoms with Crippen molar-refractivity contribution < 1.29 is 17.7 Å². The van der Waals surface area contributed by atoms with Crippen molar-refractivity contribution in [2.24, 2.45) is 0 Å². The maximum atomic E-state index is 12.7. The van der Waals surface area contributed by atoms with Crippen LogP contribution in [0.4, 0.5) is 13.2 Å². The molecule has 7 heteroatoms. The van der Waals surface area contributed by atoms with Gasteiger partial charge in [-0.05, 0) is 31.5 Å². The van der Waals surface area contributed by atoms with Crippen molar-refractivity contribution in [2.75, 3.05) is 6.54 Å². The zero-order valence-corrected chi connectivity index (χ0v) is 11.2. The number of nitrogens with one attached hydrogen (secondary N) is 1. The molecule has 0 unspecified atom stereocenters. The Labute approximate surface area is 119 Å². The Morgan fingerprint density at radius 3 is 2.81 bits per heavy atom. The highest BCUT2D eigenvalue weighted by molar-refractivity contribution is 5.55. The molecule has 112 valence electrons. The Morgan fingerprint density at radius 2 is 2.10 bits per heavy atom. The molecule has 0 amide bonds. The average Bonchev–Trinajstić information content (AvgIpc) is 2.97. The van der Waals surface area contributed by atoms with E-state index in [4.69, 9.17) is 4.52 Å². The molecule has 0 radical (unpaired) electrons. The predicted molar refractivity (Wildman–Crippen MR) is 69.3 cm³/mol. The van der Waals surface area contributed by atoms with E-state index in [-0.39, 0.29) is 11.9 Å². The van der Waals surface area contributed by atoms with Crippen LogP contribution in [-0.4, -0.2) is 16.7 Å². The fourth-order valence-electron chi connectivity index (χ4n) is 2.39. The fourth-order valence-corrected chi connectivity index (χ4v) is 2.39. The van der Waals surface area contributed by atoms with Crippen molar-refractivity contribution in [2.45, 2.75) is 31.5 Å². The number of halogens is 3. The summed E-state index contributed by atoms with van der Waals surface area (Å²) in [5.41, 5.74) is -0.419. The largest absolute Gasteiger partial charge is 0.416 e. The molecule has 1 atom stereocenters. The molecule has 1 fully saturated rings. The topological polar surface area (TPSA) is 51.0 Å². The van der Waals surface area contributed by atoms with Crippen molar-refractivity contribution >= 4 is 0 Å². The van der Waals surface area contributed by atoms with E-state index in [1.807, 2.05) is 0 Å². The molecule has 3 rings (SSSR count). The Kier molecular flexibility index (Phi) is 3.67. The van der Waals surface area contributed by atoms with Crippen LogP contribution in [0, 0.1) is 0 Å². The van der Waals surface area contributed by atoms with Crippen molar-refractivity contribution in [3.63, 3.8) is 0 Å². The monoisotopic (exact) mass is 297 g/mol. The van der Waals surface area contributed by atoms with E-state index >= 15 is 0 Å². The summed E-state index contributed by atoms with van der Waals surface area (Å²) in [6, 6.07) is 4.92. The van der Waals surface area contributed by atoms with Gasteiger partial charge in [-0.25, -0.2) is 0 Å². The lowest BCUT2D eigenvalue weighted by molar-refractivity contribution is -0.137. The summed E-state index contributed by atoms with van der Waals surface area (Å²) in [5.74, 6) is 0.616. The first-order valence-electron chi connectivity index (χ1n) is 6.78. The maximum Gasteiger partial charge on any atom is 0.416 e. The number of benzene rings is 1. The van der Waals surface area contributed by atoms with Gasteiger partial charge in [0.2, 0.25) is 11.7 Å². The van der Waals surface area contributed by atoms with Crippen LogP contribution in [0.15, 0.2) is 28.8 Å². The van der Waals surface area contributed by atoms with E-state index in [2.05, 4.69) is 15.5 Å². The number of aromatic nitrogens is 2. The SMILES string of the molecule is FC(F)(F)c1cccc(-c2noc([C@@H]3CCCCN3)n2)c1. The quantitative estimate of drug-likeness (QED) is 0.920. The lowest BCUT2D eigenvalue weighted by atomic mass is 10.1. The van der Waals surface area contributed by atoms with Gasteiger partial charge < -0.3 is 9.84 Å². The van der Waals surface area contributed by atoms with Crippen LogP contribution in [0.3, 0.4) is 0 Å². The molecule has 0 spiro atoms. The lowest BCUT2D eigenvalue weighted by Crippen LogP contribution is -2.26. The van der Waals surface area contributed by atoms with E-state index in [1.54, 1.807) is 0 Å². The van der Waals surface area contributed by atoms with Crippen LogP contribution < -0.4 is 5.32 Å². The molecule has 2 heterocycles. The molecule has 1 saturated heterocycles. The molecule has 1 aliphatic heterocycles. The third-order valence-electron chi connectivity index (χ3n) is 3.50. The molecule has 0 bridgehead atoms. The Hall–Kier alpha value is -1.89. The minimum absolute atomic E-state index is 0.00852. The van der Waals surface area contributed by atoms with Crippen LogP contribution in [0.1, 0.15) is 36.8 Å². The van der Waals surface area contributed by atoms with Gasteiger partial charge in [-0.15, -0.1) is 0 Å². The highest BCUT2D eigenvalue weighted by Gasteiger charge is 2.31. The smallest absolute Gasteiger partial charge is 0.337 e. The molecule has 1 aromatic heterocycles. The molecule has 1 aromatic carbocycles. The van der Waals surface area contributed by atoms with Crippen LogP contribution >= 0.6 is 0 Å². The zero-order chi connectivity index (χ0) is 14.9. The third-order valence-corrected chi connectivity index (χ3v) is 3.50. The van der Waals surface area contributed by atoms with Crippen LogP contribution in [-0.2, 0) is 6.18 Å². The van der Waals surface area contributed by atoms with Gasteiger partial charge in [0.1, 0.15) is 0 Å². The van der Waals surface area contributed by atoms with Crippen molar-refractivity contribution in [3.8, 4) is 11.4 Å². The van der Waals surface area contributed by atoms with E-state index in [0.29, 0.717) is 11.5 Å². The molecule has 1 aliphatic rings. The first-order chi connectivity index (χ1) is 10.0. The summed E-state index contributed by atoms with van der Waals surface area (Å²) in [4.78, 5) is 4.22. The summed E-state index contributed by atoms with van der Waals surface area (Å²) in [6.45, 7) is 0.881. The molecule has 1 N–H and O–H groups in total. The van der Waals surface area contributed by atoms with Gasteiger partial charge in [-0.2, -0.15) is 18.2 Å². The van der Waals surface area contributed by atoms with Crippen molar-refractivity contribution in [1.82, 2.24) is 15.5 Å². The van der Waals surface area contributed by atoms with Gasteiger partial charge >= 0.3 is 6.18 Å². The van der Waals surface area contributed by atoms with Gasteiger partial charge in [-0.3, -0.25) is 0 Å². The average molecular weight is 297 g/mol. The summed E-state index contributed by atoms with van der Waals surface area (Å²) in [5, 5.41) is 7.05.